The van der Waals surface area contributed by atoms with Gasteiger partial charge in [0.05, 0.1) is 0 Å². The van der Waals surface area contributed by atoms with E-state index in [-0.39, 0.29) is 5.54 Å². The molecule has 0 radical (unpaired) electrons. The zero-order chi connectivity index (χ0) is 13.7. The predicted molar refractivity (Wildman–Crippen MR) is 83.3 cm³/mol. The Morgan fingerprint density at radius 2 is 1.53 bits per heavy atom. The molecule has 2 nitrogen and oxygen atoms in total. The molecule has 1 saturated carbocycles. The van der Waals surface area contributed by atoms with E-state index < -0.39 is 0 Å². The van der Waals surface area contributed by atoms with E-state index in [0.29, 0.717) is 6.04 Å². The van der Waals surface area contributed by atoms with Gasteiger partial charge in [0, 0.05) is 11.6 Å². The molecular formula is C17H34N2. The van der Waals surface area contributed by atoms with Gasteiger partial charge in [0.25, 0.3) is 0 Å². The monoisotopic (exact) mass is 266 g/mol. The molecule has 2 N–H and O–H groups in total. The Balaban J connectivity index is 2.04. The lowest BCUT2D eigenvalue weighted by atomic mass is 9.76. The van der Waals surface area contributed by atoms with E-state index >= 15 is 0 Å². The molecule has 2 atom stereocenters. The van der Waals surface area contributed by atoms with Crippen molar-refractivity contribution in [2.45, 2.75) is 89.6 Å². The fraction of sp³-hybridized carbons (Fsp3) is 1.00. The van der Waals surface area contributed by atoms with Crippen molar-refractivity contribution in [1.29, 1.82) is 0 Å². The second-order valence-electron chi connectivity index (χ2n) is 7.04. The zero-order valence-corrected chi connectivity index (χ0v) is 13.2. The van der Waals surface area contributed by atoms with Gasteiger partial charge in [-0.1, -0.05) is 39.0 Å². The Morgan fingerprint density at radius 3 is 2.05 bits per heavy atom. The highest BCUT2D eigenvalue weighted by molar-refractivity contribution is 4.98. The van der Waals surface area contributed by atoms with Crippen LogP contribution in [0.5, 0.6) is 0 Å². The van der Waals surface area contributed by atoms with Crippen molar-refractivity contribution in [2.75, 3.05) is 13.1 Å². The van der Waals surface area contributed by atoms with Gasteiger partial charge < -0.3 is 5.73 Å². The first-order chi connectivity index (χ1) is 9.18. The van der Waals surface area contributed by atoms with Gasteiger partial charge in [0.2, 0.25) is 0 Å². The molecule has 1 saturated heterocycles. The van der Waals surface area contributed by atoms with E-state index in [0.717, 1.165) is 5.92 Å². The molecule has 0 bridgehead atoms. The minimum absolute atomic E-state index is 0.232. The summed E-state index contributed by atoms with van der Waals surface area (Å²) >= 11 is 0. The van der Waals surface area contributed by atoms with E-state index in [1.807, 2.05) is 0 Å². The second kappa shape index (κ2) is 7.08. The maximum atomic E-state index is 6.80. The van der Waals surface area contributed by atoms with Crippen LogP contribution in [-0.2, 0) is 0 Å². The zero-order valence-electron chi connectivity index (χ0n) is 13.2. The summed E-state index contributed by atoms with van der Waals surface area (Å²) in [5.41, 5.74) is 7.03. The third kappa shape index (κ3) is 3.52. The van der Waals surface area contributed by atoms with Crippen LogP contribution in [0.25, 0.3) is 0 Å². The third-order valence-electron chi connectivity index (χ3n) is 5.92. The fourth-order valence-electron chi connectivity index (χ4n) is 4.25. The smallest absolute Gasteiger partial charge is 0.0332 e. The van der Waals surface area contributed by atoms with Crippen molar-refractivity contribution in [3.8, 4) is 0 Å². The SMILES string of the molecule is CCC(C)(C(N)C1CCCCCC1)N1CCCCC1. The van der Waals surface area contributed by atoms with E-state index in [9.17, 15) is 0 Å². The number of hydrogen-bond donors (Lipinski definition) is 1. The minimum atomic E-state index is 0.232. The van der Waals surface area contributed by atoms with Gasteiger partial charge in [-0.3, -0.25) is 4.90 Å². The van der Waals surface area contributed by atoms with Gasteiger partial charge in [0.15, 0.2) is 0 Å². The highest BCUT2D eigenvalue weighted by Crippen LogP contribution is 2.35. The fourth-order valence-corrected chi connectivity index (χ4v) is 4.25. The number of nitrogens with two attached hydrogens (primary N) is 1. The molecule has 1 aliphatic carbocycles. The molecule has 0 amide bonds. The molecule has 0 aromatic rings. The topological polar surface area (TPSA) is 29.3 Å². The summed E-state index contributed by atoms with van der Waals surface area (Å²) < 4.78 is 0. The molecule has 1 aliphatic heterocycles. The summed E-state index contributed by atoms with van der Waals surface area (Å²) in [7, 11) is 0. The molecule has 19 heavy (non-hydrogen) atoms. The van der Waals surface area contributed by atoms with E-state index in [2.05, 4.69) is 18.7 Å². The van der Waals surface area contributed by atoms with E-state index in [4.69, 9.17) is 5.73 Å². The number of rotatable bonds is 4. The van der Waals surface area contributed by atoms with Gasteiger partial charge in [-0.25, -0.2) is 0 Å². The summed E-state index contributed by atoms with van der Waals surface area (Å²) in [5.74, 6) is 0.759. The Kier molecular flexibility index (Phi) is 5.70. The molecular weight excluding hydrogens is 232 g/mol. The Hall–Kier alpha value is -0.0800. The van der Waals surface area contributed by atoms with Gasteiger partial charge in [0.1, 0.15) is 0 Å². The Morgan fingerprint density at radius 1 is 1.00 bits per heavy atom. The largest absolute Gasteiger partial charge is 0.326 e. The van der Waals surface area contributed by atoms with Crippen molar-refractivity contribution >= 4 is 0 Å². The second-order valence-corrected chi connectivity index (χ2v) is 7.04. The normalized spacial score (nSPS) is 28.6. The Labute approximate surface area is 120 Å². The molecule has 2 rings (SSSR count). The Bertz CT molecular complexity index is 252. The van der Waals surface area contributed by atoms with Crippen molar-refractivity contribution in [2.24, 2.45) is 11.7 Å². The van der Waals surface area contributed by atoms with Crippen LogP contribution in [-0.4, -0.2) is 29.6 Å². The maximum Gasteiger partial charge on any atom is 0.0332 e. The standard InChI is InChI=1S/C17H34N2/c1-3-17(2,19-13-9-6-10-14-19)16(18)15-11-7-4-5-8-12-15/h15-16H,3-14,18H2,1-2H3. The van der Waals surface area contributed by atoms with Crippen LogP contribution in [0.15, 0.2) is 0 Å². The summed E-state index contributed by atoms with van der Waals surface area (Å²) in [5, 5.41) is 0. The lowest BCUT2D eigenvalue weighted by Gasteiger charge is -2.49. The van der Waals surface area contributed by atoms with Crippen LogP contribution in [0.1, 0.15) is 78.1 Å². The van der Waals surface area contributed by atoms with Crippen molar-refractivity contribution < 1.29 is 0 Å². The average Bonchev–Trinajstić information content (AvgIpc) is 2.75. The van der Waals surface area contributed by atoms with Crippen LogP contribution >= 0.6 is 0 Å². The molecule has 2 unspecified atom stereocenters. The maximum absolute atomic E-state index is 6.80. The summed E-state index contributed by atoms with van der Waals surface area (Å²) in [6, 6.07) is 0.369. The molecule has 1 heterocycles. The molecule has 2 heteroatoms. The number of piperidine rings is 1. The number of likely N-dealkylation sites (tertiary alicyclic amines) is 1. The summed E-state index contributed by atoms with van der Waals surface area (Å²) in [6.45, 7) is 7.31. The van der Waals surface area contributed by atoms with Gasteiger partial charge >= 0.3 is 0 Å². The predicted octanol–water partition coefficient (Wildman–Crippen LogP) is 3.94. The van der Waals surface area contributed by atoms with Crippen LogP contribution in [0.3, 0.4) is 0 Å². The number of nitrogens with zero attached hydrogens (tertiary/aromatic N) is 1. The summed E-state index contributed by atoms with van der Waals surface area (Å²) in [4.78, 5) is 2.71. The molecule has 0 aromatic carbocycles. The molecule has 2 aliphatic rings. The molecule has 2 fully saturated rings. The van der Waals surface area contributed by atoms with Crippen LogP contribution in [0.2, 0.25) is 0 Å². The van der Waals surface area contributed by atoms with Crippen molar-refractivity contribution in [1.82, 2.24) is 4.90 Å². The van der Waals surface area contributed by atoms with Crippen molar-refractivity contribution in [3.63, 3.8) is 0 Å². The van der Waals surface area contributed by atoms with Gasteiger partial charge in [-0.15, -0.1) is 0 Å². The van der Waals surface area contributed by atoms with E-state index in [1.54, 1.807) is 0 Å². The molecule has 112 valence electrons. The quantitative estimate of drug-likeness (QED) is 0.781. The number of hydrogen-bond acceptors (Lipinski definition) is 2. The van der Waals surface area contributed by atoms with Gasteiger partial charge in [-0.2, -0.15) is 0 Å². The minimum Gasteiger partial charge on any atom is -0.326 e. The van der Waals surface area contributed by atoms with Crippen LogP contribution < -0.4 is 5.73 Å². The summed E-state index contributed by atoms with van der Waals surface area (Å²) in [6.07, 6.45) is 13.7. The van der Waals surface area contributed by atoms with Gasteiger partial charge in [-0.05, 0) is 58.0 Å². The van der Waals surface area contributed by atoms with Crippen LogP contribution in [0.4, 0.5) is 0 Å². The van der Waals surface area contributed by atoms with E-state index in [1.165, 1.54) is 77.3 Å². The van der Waals surface area contributed by atoms with Crippen molar-refractivity contribution in [3.05, 3.63) is 0 Å². The lowest BCUT2D eigenvalue weighted by Crippen LogP contribution is -2.61. The first kappa shape index (κ1) is 15.3. The first-order valence-electron chi connectivity index (χ1n) is 8.69. The lowest BCUT2D eigenvalue weighted by molar-refractivity contribution is 0.0340. The first-order valence-corrected chi connectivity index (χ1v) is 8.69. The third-order valence-corrected chi connectivity index (χ3v) is 5.92. The highest BCUT2D eigenvalue weighted by Gasteiger charge is 2.40. The van der Waals surface area contributed by atoms with Crippen LogP contribution in [0, 0.1) is 5.92 Å². The molecule has 0 spiro atoms. The average molecular weight is 266 g/mol. The highest BCUT2D eigenvalue weighted by atomic mass is 15.2. The molecule has 0 aromatic heterocycles.